The van der Waals surface area contributed by atoms with Crippen LogP contribution in [0.5, 0.6) is 0 Å². The van der Waals surface area contributed by atoms with Crippen LogP contribution in [0.25, 0.3) is 0 Å². The third kappa shape index (κ3) is 5.22. The largest absolute Gasteiger partial charge is 0.341 e. The van der Waals surface area contributed by atoms with Crippen molar-refractivity contribution in [1.82, 2.24) is 19.6 Å². The van der Waals surface area contributed by atoms with E-state index in [0.29, 0.717) is 44.6 Å². The van der Waals surface area contributed by atoms with Gasteiger partial charge in [-0.05, 0) is 42.7 Å². The molecule has 1 aliphatic heterocycles. The van der Waals surface area contributed by atoms with Crippen molar-refractivity contribution in [2.24, 2.45) is 5.92 Å². The van der Waals surface area contributed by atoms with E-state index in [1.54, 1.807) is 16.0 Å². The monoisotopic (exact) mass is 434 g/mol. The van der Waals surface area contributed by atoms with E-state index in [4.69, 9.17) is 0 Å². The second-order valence-electron chi connectivity index (χ2n) is 8.30. The van der Waals surface area contributed by atoms with Gasteiger partial charge in [-0.1, -0.05) is 30.3 Å². The van der Waals surface area contributed by atoms with Gasteiger partial charge in [0.25, 0.3) is 5.91 Å². The van der Waals surface area contributed by atoms with E-state index in [-0.39, 0.29) is 23.5 Å². The zero-order valence-corrected chi connectivity index (χ0v) is 18.2. The maximum atomic E-state index is 13.1. The highest BCUT2D eigenvalue weighted by Gasteiger charge is 2.29. The van der Waals surface area contributed by atoms with Crippen molar-refractivity contribution in [3.8, 4) is 0 Å². The van der Waals surface area contributed by atoms with Crippen LogP contribution in [0.1, 0.15) is 34.3 Å². The molecule has 0 unspecified atom stereocenters. The molecule has 0 spiro atoms. The lowest BCUT2D eigenvalue weighted by atomic mass is 9.94. The molecule has 1 aromatic heterocycles. The number of carbonyl (C=O) groups is 2. The highest BCUT2D eigenvalue weighted by atomic mass is 19.1. The molecule has 6 nitrogen and oxygen atoms in total. The average Bonchev–Trinajstić information content (AvgIpc) is 3.26. The number of halogens is 1. The summed E-state index contributed by atoms with van der Waals surface area (Å²) in [4.78, 5) is 29.0. The summed E-state index contributed by atoms with van der Waals surface area (Å²) in [7, 11) is 1.81. The Balaban J connectivity index is 1.28. The predicted molar refractivity (Wildman–Crippen MR) is 119 cm³/mol. The standard InChI is InChI=1S/C25H27FN4O2/c1-28(16-20-15-27-30(18-20)17-19-5-3-2-4-6-19)24(31)22-11-13-29(14-12-22)25(32)21-7-9-23(26)10-8-21/h2-10,15,18,22H,11-14,16-17H2,1H3. The number of likely N-dealkylation sites (tertiary alicyclic amines) is 1. The van der Waals surface area contributed by atoms with Gasteiger partial charge in [-0.3, -0.25) is 14.3 Å². The first kappa shape index (κ1) is 21.7. The third-order valence-corrected chi connectivity index (χ3v) is 5.89. The summed E-state index contributed by atoms with van der Waals surface area (Å²) in [5.41, 5.74) is 2.63. The minimum atomic E-state index is -0.362. The van der Waals surface area contributed by atoms with Crippen molar-refractivity contribution < 1.29 is 14.0 Å². The number of piperidine rings is 1. The summed E-state index contributed by atoms with van der Waals surface area (Å²) in [5, 5.41) is 4.41. The maximum Gasteiger partial charge on any atom is 0.253 e. The van der Waals surface area contributed by atoms with Crippen molar-refractivity contribution in [3.05, 3.63) is 89.5 Å². The van der Waals surface area contributed by atoms with Gasteiger partial charge >= 0.3 is 0 Å². The Hall–Kier alpha value is -3.48. The van der Waals surface area contributed by atoms with Gasteiger partial charge < -0.3 is 9.80 Å². The molecule has 0 bridgehead atoms. The molecule has 1 saturated heterocycles. The Morgan fingerprint density at radius 2 is 1.72 bits per heavy atom. The Morgan fingerprint density at radius 3 is 2.41 bits per heavy atom. The van der Waals surface area contributed by atoms with Crippen LogP contribution in [0.15, 0.2) is 67.0 Å². The van der Waals surface area contributed by atoms with E-state index in [0.717, 1.165) is 5.56 Å². The van der Waals surface area contributed by atoms with Crippen LogP contribution in [0.3, 0.4) is 0 Å². The zero-order chi connectivity index (χ0) is 22.5. The number of carbonyl (C=O) groups excluding carboxylic acids is 2. The molecule has 3 aromatic rings. The van der Waals surface area contributed by atoms with Crippen LogP contribution >= 0.6 is 0 Å². The first-order valence-corrected chi connectivity index (χ1v) is 10.8. The number of hydrogen-bond donors (Lipinski definition) is 0. The SMILES string of the molecule is CN(Cc1cnn(Cc2ccccc2)c1)C(=O)C1CCN(C(=O)c2ccc(F)cc2)CC1. The lowest BCUT2D eigenvalue weighted by Gasteiger charge is -2.33. The third-order valence-electron chi connectivity index (χ3n) is 5.89. The number of amides is 2. The van der Waals surface area contributed by atoms with Gasteiger partial charge in [0.1, 0.15) is 5.82 Å². The van der Waals surface area contributed by atoms with Gasteiger partial charge in [0.2, 0.25) is 5.91 Å². The first-order valence-electron chi connectivity index (χ1n) is 10.8. The highest BCUT2D eigenvalue weighted by molar-refractivity contribution is 5.94. The van der Waals surface area contributed by atoms with Crippen molar-refractivity contribution in [2.75, 3.05) is 20.1 Å². The molecular weight excluding hydrogens is 407 g/mol. The second-order valence-corrected chi connectivity index (χ2v) is 8.30. The molecule has 2 heterocycles. The topological polar surface area (TPSA) is 58.4 Å². The van der Waals surface area contributed by atoms with Crippen molar-refractivity contribution in [2.45, 2.75) is 25.9 Å². The minimum absolute atomic E-state index is 0.0923. The van der Waals surface area contributed by atoms with E-state index >= 15 is 0 Å². The lowest BCUT2D eigenvalue weighted by Crippen LogP contribution is -2.43. The average molecular weight is 435 g/mol. The molecule has 4 rings (SSSR count). The number of nitrogens with zero attached hydrogens (tertiary/aromatic N) is 4. The van der Waals surface area contributed by atoms with E-state index in [1.807, 2.05) is 36.1 Å². The van der Waals surface area contributed by atoms with E-state index in [9.17, 15) is 14.0 Å². The van der Waals surface area contributed by atoms with E-state index < -0.39 is 0 Å². The van der Waals surface area contributed by atoms with Gasteiger partial charge in [-0.15, -0.1) is 0 Å². The molecule has 0 radical (unpaired) electrons. The van der Waals surface area contributed by atoms with Gasteiger partial charge in [0.15, 0.2) is 0 Å². The summed E-state index contributed by atoms with van der Waals surface area (Å²) in [6, 6.07) is 15.7. The fourth-order valence-electron chi connectivity index (χ4n) is 4.11. The smallest absolute Gasteiger partial charge is 0.253 e. The molecule has 0 atom stereocenters. The molecule has 0 N–H and O–H groups in total. The molecule has 2 amide bonds. The fourth-order valence-corrected chi connectivity index (χ4v) is 4.11. The summed E-state index contributed by atoms with van der Waals surface area (Å²) >= 11 is 0. The number of aromatic nitrogens is 2. The molecule has 0 aliphatic carbocycles. The summed E-state index contributed by atoms with van der Waals surface area (Å²) in [6.45, 7) is 2.24. The molecule has 7 heteroatoms. The molecule has 166 valence electrons. The highest BCUT2D eigenvalue weighted by Crippen LogP contribution is 2.22. The molecule has 1 fully saturated rings. The van der Waals surface area contributed by atoms with Gasteiger partial charge in [-0.2, -0.15) is 5.10 Å². The van der Waals surface area contributed by atoms with Crippen LogP contribution in [-0.2, 0) is 17.9 Å². The van der Waals surface area contributed by atoms with Crippen molar-refractivity contribution in [3.63, 3.8) is 0 Å². The Bertz CT molecular complexity index is 1060. The van der Waals surface area contributed by atoms with Gasteiger partial charge in [-0.25, -0.2) is 4.39 Å². The Morgan fingerprint density at radius 1 is 1.03 bits per heavy atom. The zero-order valence-electron chi connectivity index (χ0n) is 18.2. The Labute approximate surface area is 187 Å². The molecule has 2 aromatic carbocycles. The number of hydrogen-bond acceptors (Lipinski definition) is 3. The summed E-state index contributed by atoms with van der Waals surface area (Å²) in [5.74, 6) is -0.485. The quantitative estimate of drug-likeness (QED) is 0.596. The molecule has 1 aliphatic rings. The van der Waals surface area contributed by atoms with Crippen LogP contribution in [0.2, 0.25) is 0 Å². The van der Waals surface area contributed by atoms with Crippen molar-refractivity contribution >= 4 is 11.8 Å². The fraction of sp³-hybridized carbons (Fsp3) is 0.320. The van der Waals surface area contributed by atoms with Gasteiger partial charge in [0, 0.05) is 49.9 Å². The summed E-state index contributed by atoms with van der Waals surface area (Å²) < 4.78 is 15.0. The van der Waals surface area contributed by atoms with Crippen LogP contribution in [-0.4, -0.2) is 51.5 Å². The molecule has 0 saturated carbocycles. The van der Waals surface area contributed by atoms with E-state index in [1.165, 1.54) is 29.8 Å². The Kier molecular flexibility index (Phi) is 6.63. The number of rotatable bonds is 6. The van der Waals surface area contributed by atoms with Crippen LogP contribution < -0.4 is 0 Å². The number of benzene rings is 2. The normalized spacial score (nSPS) is 14.4. The molecule has 32 heavy (non-hydrogen) atoms. The molecular formula is C25H27FN4O2. The first-order chi connectivity index (χ1) is 15.5. The second kappa shape index (κ2) is 9.77. The van der Waals surface area contributed by atoms with Crippen molar-refractivity contribution in [1.29, 1.82) is 0 Å². The van der Waals surface area contributed by atoms with E-state index in [2.05, 4.69) is 17.2 Å². The lowest BCUT2D eigenvalue weighted by molar-refractivity contribution is -0.136. The van der Waals surface area contributed by atoms with Crippen LogP contribution in [0, 0.1) is 11.7 Å². The minimum Gasteiger partial charge on any atom is -0.341 e. The summed E-state index contributed by atoms with van der Waals surface area (Å²) in [6.07, 6.45) is 5.03. The van der Waals surface area contributed by atoms with Gasteiger partial charge in [0.05, 0.1) is 12.7 Å². The van der Waals surface area contributed by atoms with Crippen LogP contribution in [0.4, 0.5) is 4.39 Å². The predicted octanol–water partition coefficient (Wildman–Crippen LogP) is 3.58. The maximum absolute atomic E-state index is 13.1.